The third-order valence-electron chi connectivity index (χ3n) is 8.93. The molecular formula is C33H56O7. The van der Waals surface area contributed by atoms with Gasteiger partial charge in [0, 0.05) is 12.5 Å². The number of esters is 2. The van der Waals surface area contributed by atoms with E-state index in [-0.39, 0.29) is 30.3 Å². The molecule has 7 heteroatoms. The lowest BCUT2D eigenvalue weighted by Crippen LogP contribution is -2.25. The normalized spacial score (nSPS) is 23.1. The second-order valence-electron chi connectivity index (χ2n) is 12.2. The maximum Gasteiger partial charge on any atom is 0.335 e. The van der Waals surface area contributed by atoms with Crippen LogP contribution in [0.3, 0.4) is 0 Å². The summed E-state index contributed by atoms with van der Waals surface area (Å²) in [6.07, 6.45) is 20.2. The topological polar surface area (TPSA) is 102 Å². The van der Waals surface area contributed by atoms with Crippen LogP contribution in [0.25, 0.3) is 0 Å². The Kier molecular flexibility index (Phi) is 17.4. The van der Waals surface area contributed by atoms with Crippen LogP contribution in [0.2, 0.25) is 0 Å². The van der Waals surface area contributed by atoms with Gasteiger partial charge in [-0.05, 0) is 69.1 Å². The average Bonchev–Trinajstić information content (AvgIpc) is 2.99. The van der Waals surface area contributed by atoms with Gasteiger partial charge < -0.3 is 24.4 Å². The molecule has 0 aromatic carbocycles. The third-order valence-corrected chi connectivity index (χ3v) is 8.93. The van der Waals surface area contributed by atoms with Gasteiger partial charge in [-0.25, -0.2) is 9.59 Å². The smallest absolute Gasteiger partial charge is 0.335 e. The first-order chi connectivity index (χ1) is 19.4. The Morgan fingerprint density at radius 3 is 1.70 bits per heavy atom. The van der Waals surface area contributed by atoms with Crippen LogP contribution in [0.5, 0.6) is 0 Å². The van der Waals surface area contributed by atoms with Crippen molar-refractivity contribution >= 4 is 11.9 Å². The summed E-state index contributed by atoms with van der Waals surface area (Å²) >= 11 is 0. The molecule has 0 saturated heterocycles. The van der Waals surface area contributed by atoms with Crippen LogP contribution in [0, 0.1) is 23.7 Å². The zero-order valence-electron chi connectivity index (χ0n) is 25.1. The second kappa shape index (κ2) is 20.2. The summed E-state index contributed by atoms with van der Waals surface area (Å²) in [6.45, 7) is 9.38. The quantitative estimate of drug-likeness (QED) is 0.101. The zero-order chi connectivity index (χ0) is 29.2. The summed E-state index contributed by atoms with van der Waals surface area (Å²) < 4.78 is 16.8. The summed E-state index contributed by atoms with van der Waals surface area (Å²) in [5.41, 5.74) is -0.0131. The highest BCUT2D eigenvalue weighted by molar-refractivity contribution is 5.88. The van der Waals surface area contributed by atoms with Crippen molar-refractivity contribution in [2.75, 3.05) is 33.0 Å². The Balaban J connectivity index is 1.61. The molecule has 0 aliphatic heterocycles. The lowest BCUT2D eigenvalue weighted by Gasteiger charge is -2.30. The molecule has 0 aromatic heterocycles. The van der Waals surface area contributed by atoms with E-state index >= 15 is 0 Å². The molecule has 0 amide bonds. The first-order valence-electron chi connectivity index (χ1n) is 15.9. The van der Waals surface area contributed by atoms with Gasteiger partial charge in [0.1, 0.15) is 0 Å². The molecule has 0 unspecified atom stereocenters. The van der Waals surface area contributed by atoms with Gasteiger partial charge in [0.2, 0.25) is 0 Å². The van der Waals surface area contributed by atoms with Crippen molar-refractivity contribution in [3.8, 4) is 0 Å². The van der Waals surface area contributed by atoms with E-state index in [0.717, 1.165) is 57.0 Å². The molecule has 230 valence electrons. The Morgan fingerprint density at radius 1 is 0.725 bits per heavy atom. The van der Waals surface area contributed by atoms with Gasteiger partial charge >= 0.3 is 11.9 Å². The first kappa shape index (κ1) is 34.5. The second-order valence-corrected chi connectivity index (χ2v) is 12.2. The molecule has 2 rings (SSSR count). The van der Waals surface area contributed by atoms with Gasteiger partial charge in [-0.15, -0.1) is 0 Å². The van der Waals surface area contributed by atoms with Crippen LogP contribution in [0.1, 0.15) is 110 Å². The van der Waals surface area contributed by atoms with E-state index in [1.165, 1.54) is 64.2 Å². The van der Waals surface area contributed by atoms with Crippen molar-refractivity contribution in [3.63, 3.8) is 0 Å². The lowest BCUT2D eigenvalue weighted by atomic mass is 9.78. The van der Waals surface area contributed by atoms with Crippen molar-refractivity contribution in [2.24, 2.45) is 23.7 Å². The minimum Gasteiger partial charge on any atom is -0.462 e. The van der Waals surface area contributed by atoms with Gasteiger partial charge in [0.15, 0.2) is 0 Å². The molecule has 0 heterocycles. The molecule has 2 aliphatic carbocycles. The number of carbonyl (C=O) groups is 2. The zero-order valence-corrected chi connectivity index (χ0v) is 25.1. The minimum absolute atomic E-state index is 0.00656. The highest BCUT2D eigenvalue weighted by Gasteiger charge is 2.25. The van der Waals surface area contributed by atoms with E-state index < -0.39 is 25.2 Å². The number of unbranched alkanes of at least 4 members (excludes halogenated alkanes) is 2. The lowest BCUT2D eigenvalue weighted by molar-refractivity contribution is -0.144. The van der Waals surface area contributed by atoms with E-state index in [1.54, 1.807) is 0 Å². The van der Waals surface area contributed by atoms with Crippen LogP contribution in [0.4, 0.5) is 0 Å². The van der Waals surface area contributed by atoms with Crippen molar-refractivity contribution < 1.29 is 34.0 Å². The van der Waals surface area contributed by atoms with Crippen LogP contribution in [-0.2, 0) is 23.8 Å². The molecule has 0 aromatic rings. The van der Waals surface area contributed by atoms with Crippen molar-refractivity contribution in [3.05, 3.63) is 24.3 Å². The van der Waals surface area contributed by atoms with Crippen LogP contribution < -0.4 is 0 Å². The molecule has 0 bridgehead atoms. The van der Waals surface area contributed by atoms with E-state index in [4.69, 9.17) is 24.4 Å². The van der Waals surface area contributed by atoms with Gasteiger partial charge in [0.25, 0.3) is 0 Å². The number of carbonyl (C=O) groups excluding carboxylic acids is 2. The Labute approximate surface area is 242 Å². The van der Waals surface area contributed by atoms with Gasteiger partial charge in [-0.2, -0.15) is 0 Å². The molecular weight excluding hydrogens is 508 g/mol. The molecule has 2 aliphatic rings. The average molecular weight is 565 g/mol. The number of aliphatic hydroxyl groups excluding tert-OH is 2. The van der Waals surface area contributed by atoms with E-state index in [9.17, 15) is 9.59 Å². The summed E-state index contributed by atoms with van der Waals surface area (Å²) in [6, 6.07) is 0. The predicted molar refractivity (Wildman–Crippen MR) is 158 cm³/mol. The fourth-order valence-corrected chi connectivity index (χ4v) is 6.11. The molecule has 40 heavy (non-hydrogen) atoms. The molecule has 0 atom stereocenters. The number of hydrogen-bond donors (Lipinski definition) is 2. The number of rotatable bonds is 20. The number of hydrogen-bond acceptors (Lipinski definition) is 7. The summed E-state index contributed by atoms with van der Waals surface area (Å²) in [7, 11) is 0. The monoisotopic (exact) mass is 564 g/mol. The standard InChI is InChI=1S/C33H56O7/c1-4-5-6-8-27-10-12-28(13-11-27)9-7-20-38-31-18-16-29(17-19-31)14-15-30(23-39-32(36)25(2)21-34)24-40-33(37)26(3)22-35/h27-31,34-35H,2-24H2,1H3. The van der Waals surface area contributed by atoms with Crippen LogP contribution in [0.15, 0.2) is 24.3 Å². The fraction of sp³-hybridized carbons (Fsp3) is 0.818. The molecule has 0 radical (unpaired) electrons. The van der Waals surface area contributed by atoms with Crippen molar-refractivity contribution in [2.45, 2.75) is 116 Å². The van der Waals surface area contributed by atoms with E-state index in [2.05, 4.69) is 20.1 Å². The Bertz CT molecular complexity index is 716. The minimum atomic E-state index is -0.647. The van der Waals surface area contributed by atoms with Gasteiger partial charge in [-0.3, -0.25) is 0 Å². The highest BCUT2D eigenvalue weighted by atomic mass is 16.5. The van der Waals surface area contributed by atoms with Gasteiger partial charge in [0.05, 0.1) is 43.7 Å². The first-order valence-corrected chi connectivity index (χ1v) is 15.9. The highest BCUT2D eigenvalue weighted by Crippen LogP contribution is 2.35. The molecule has 0 spiro atoms. The summed E-state index contributed by atoms with van der Waals surface area (Å²) in [5, 5.41) is 18.2. The fourth-order valence-electron chi connectivity index (χ4n) is 6.11. The molecule has 2 saturated carbocycles. The Hall–Kier alpha value is -1.70. The molecule has 2 N–H and O–H groups in total. The largest absolute Gasteiger partial charge is 0.462 e. The molecule has 2 fully saturated rings. The number of aliphatic hydroxyl groups is 2. The van der Waals surface area contributed by atoms with Crippen LogP contribution >= 0.6 is 0 Å². The summed E-state index contributed by atoms with van der Waals surface area (Å²) in [5.74, 6) is 0.980. The maximum atomic E-state index is 11.9. The predicted octanol–water partition coefficient (Wildman–Crippen LogP) is 6.31. The number of ether oxygens (including phenoxy) is 3. The Morgan fingerprint density at radius 2 is 1.20 bits per heavy atom. The SMILES string of the molecule is C=C(CO)C(=O)OCC(CCC1CCC(OCCCC2CCC(CCCCC)CC2)CC1)COC(=O)C(=C)CO. The van der Waals surface area contributed by atoms with Crippen LogP contribution in [-0.4, -0.2) is 61.3 Å². The van der Waals surface area contributed by atoms with E-state index in [0.29, 0.717) is 12.0 Å². The van der Waals surface area contributed by atoms with Gasteiger partial charge in [-0.1, -0.05) is 71.4 Å². The third kappa shape index (κ3) is 13.8. The van der Waals surface area contributed by atoms with Crippen molar-refractivity contribution in [1.29, 1.82) is 0 Å². The maximum absolute atomic E-state index is 11.9. The van der Waals surface area contributed by atoms with E-state index in [1.807, 2.05) is 0 Å². The van der Waals surface area contributed by atoms with Crippen molar-refractivity contribution in [1.82, 2.24) is 0 Å². The molecule has 7 nitrogen and oxygen atoms in total. The summed E-state index contributed by atoms with van der Waals surface area (Å²) in [4.78, 5) is 23.8.